The second-order valence-corrected chi connectivity index (χ2v) is 29.4. The molecule has 2 atom stereocenters. The fourth-order valence-electron chi connectivity index (χ4n) is 7.05. The van der Waals surface area contributed by atoms with Crippen molar-refractivity contribution in [2.45, 2.75) is 78.0 Å². The van der Waals surface area contributed by atoms with E-state index in [2.05, 4.69) is 104 Å². The van der Waals surface area contributed by atoms with Crippen LogP contribution in [0.2, 0.25) is 13.1 Å². The van der Waals surface area contributed by atoms with Crippen molar-refractivity contribution in [2.75, 3.05) is 0 Å². The number of hydrogen-bond donors (Lipinski definition) is 0. The van der Waals surface area contributed by atoms with Crippen molar-refractivity contribution in [3.8, 4) is 0 Å². The third kappa shape index (κ3) is 3.79. The molecule has 2 aromatic rings. The normalized spacial score (nSPS) is 23.1. The van der Waals surface area contributed by atoms with Crippen LogP contribution in [0.15, 0.2) is 68.0 Å². The van der Waals surface area contributed by atoms with Gasteiger partial charge >= 0.3 is 217 Å². The average Bonchev–Trinajstić information content (AvgIpc) is 3.30. The molecule has 0 N–H and O–H groups in total. The SMILES string of the molecule is CC1=C(C)C(C)[C]([Zr]([CH]2C(C)=C(c3ccccc3)c3cc4c(cc32)CC(C)(C)C4)=[Si](C)C)=C1C. The summed E-state index contributed by atoms with van der Waals surface area (Å²) in [5.41, 5.74) is 16.0. The molecule has 0 heterocycles. The maximum absolute atomic E-state index is 2.69. The Balaban J connectivity index is 1.77. The van der Waals surface area contributed by atoms with Crippen LogP contribution >= 0.6 is 0 Å². The van der Waals surface area contributed by atoms with Gasteiger partial charge in [0, 0.05) is 0 Å². The van der Waals surface area contributed by atoms with Crippen LogP contribution in [-0.4, -0.2) is 5.43 Å². The summed E-state index contributed by atoms with van der Waals surface area (Å²) in [5, 5.41) is 0. The van der Waals surface area contributed by atoms with Gasteiger partial charge in [-0.1, -0.05) is 0 Å². The van der Waals surface area contributed by atoms with Crippen molar-refractivity contribution in [1.82, 2.24) is 0 Å². The van der Waals surface area contributed by atoms with Crippen LogP contribution < -0.4 is 0 Å². The predicted molar refractivity (Wildman–Crippen MR) is 146 cm³/mol. The van der Waals surface area contributed by atoms with Crippen LogP contribution in [0.5, 0.6) is 0 Å². The third-order valence-electron chi connectivity index (χ3n) is 8.94. The molecule has 0 radical (unpaired) electrons. The van der Waals surface area contributed by atoms with Gasteiger partial charge in [0.1, 0.15) is 0 Å². The molecule has 0 aromatic heterocycles. The van der Waals surface area contributed by atoms with Gasteiger partial charge in [-0.15, -0.1) is 0 Å². The Morgan fingerprint density at radius 2 is 1.47 bits per heavy atom. The first-order chi connectivity index (χ1) is 16.0. The van der Waals surface area contributed by atoms with Gasteiger partial charge in [0.15, 0.2) is 0 Å². The molecule has 0 aliphatic heterocycles. The molecule has 0 bridgehead atoms. The molecule has 0 saturated heterocycles. The topological polar surface area (TPSA) is 0 Å². The second kappa shape index (κ2) is 8.70. The maximum atomic E-state index is 2.69. The summed E-state index contributed by atoms with van der Waals surface area (Å²) in [7, 11) is 0. The van der Waals surface area contributed by atoms with Crippen LogP contribution in [0.3, 0.4) is 0 Å². The Morgan fingerprint density at radius 1 is 0.853 bits per heavy atom. The molecule has 0 nitrogen and oxygen atoms in total. The molecule has 0 saturated carbocycles. The van der Waals surface area contributed by atoms with E-state index < -0.39 is 20.4 Å². The molecule has 0 spiro atoms. The van der Waals surface area contributed by atoms with Gasteiger partial charge in [-0.05, 0) is 0 Å². The van der Waals surface area contributed by atoms with Crippen LogP contribution in [-0.2, 0) is 33.2 Å². The van der Waals surface area contributed by atoms with Crippen molar-refractivity contribution in [1.29, 1.82) is 0 Å². The Hall–Kier alpha value is -1.24. The van der Waals surface area contributed by atoms with Crippen molar-refractivity contribution in [3.63, 3.8) is 0 Å². The molecule has 2 unspecified atom stereocenters. The molecule has 2 aromatic carbocycles. The van der Waals surface area contributed by atoms with E-state index in [0.29, 0.717) is 15.0 Å². The van der Waals surface area contributed by atoms with E-state index in [9.17, 15) is 0 Å². The van der Waals surface area contributed by atoms with Gasteiger partial charge in [0.2, 0.25) is 0 Å². The van der Waals surface area contributed by atoms with Crippen LogP contribution in [0.25, 0.3) is 5.57 Å². The van der Waals surface area contributed by atoms with Gasteiger partial charge in [-0.25, -0.2) is 0 Å². The van der Waals surface area contributed by atoms with Crippen molar-refractivity contribution in [2.24, 2.45) is 11.3 Å². The van der Waals surface area contributed by atoms with Crippen LogP contribution in [0.1, 0.15) is 79.9 Å². The van der Waals surface area contributed by atoms with Crippen LogP contribution in [0, 0.1) is 11.3 Å². The van der Waals surface area contributed by atoms with E-state index >= 15 is 0 Å². The van der Waals surface area contributed by atoms with E-state index in [0.717, 1.165) is 0 Å². The minimum absolute atomic E-state index is 0.387. The summed E-state index contributed by atoms with van der Waals surface area (Å²) in [4.78, 5) is 0. The molecule has 0 amide bonds. The number of benzene rings is 2. The Labute approximate surface area is 215 Å². The number of allylic oxidation sites excluding steroid dienone is 5. The summed E-state index contributed by atoms with van der Waals surface area (Å²) in [6.07, 6.45) is 2.45. The van der Waals surface area contributed by atoms with Gasteiger partial charge in [0.05, 0.1) is 0 Å². The first kappa shape index (κ1) is 24.5. The van der Waals surface area contributed by atoms with E-state index in [4.69, 9.17) is 0 Å². The quantitative estimate of drug-likeness (QED) is 0.339. The van der Waals surface area contributed by atoms with Gasteiger partial charge < -0.3 is 0 Å². The summed E-state index contributed by atoms with van der Waals surface area (Å²) < 4.78 is 2.62. The Kier molecular flexibility index (Phi) is 6.26. The summed E-state index contributed by atoms with van der Waals surface area (Å²) in [6.45, 7) is 22.4. The standard InChI is InChI=1S/C21H21.C9H13.C2H6Si.Zr/c1-14-9-16-10-17-12-21(2,3)13-18(17)11-19(16)20(14)15-7-5-4-6-8-15;1-6-5-7(2)9(4)8(6)3;1-3-2;/h4-11H,12-13H2,1-3H3;6H,1-4H3;1-2H3;. The fraction of sp³-hybridized carbons (Fsp3) is 0.438. The molecule has 0 fully saturated rings. The van der Waals surface area contributed by atoms with Crippen molar-refractivity contribution in [3.05, 3.63) is 95.9 Å². The van der Waals surface area contributed by atoms with E-state index in [1.54, 1.807) is 50.1 Å². The van der Waals surface area contributed by atoms with Crippen molar-refractivity contribution >= 4 is 11.0 Å². The van der Waals surface area contributed by atoms with E-state index in [1.165, 1.54) is 18.4 Å². The van der Waals surface area contributed by atoms with E-state index in [1.807, 2.05) is 3.28 Å². The molecule has 2 heteroatoms. The Bertz CT molecular complexity index is 1330. The molecule has 3 aliphatic rings. The summed E-state index contributed by atoms with van der Waals surface area (Å²) in [6, 6.07) is 16.6. The Morgan fingerprint density at radius 3 is 2.03 bits per heavy atom. The molecule has 3 aliphatic carbocycles. The summed E-state index contributed by atoms with van der Waals surface area (Å²) in [5.74, 6) is 0.652. The van der Waals surface area contributed by atoms with Gasteiger partial charge in [-0.3, -0.25) is 0 Å². The zero-order chi connectivity index (χ0) is 24.5. The molecule has 34 heavy (non-hydrogen) atoms. The number of fused-ring (bicyclic) bond motifs is 2. The first-order valence-corrected chi connectivity index (χ1v) is 21.8. The van der Waals surface area contributed by atoms with Gasteiger partial charge in [0.25, 0.3) is 0 Å². The van der Waals surface area contributed by atoms with Gasteiger partial charge in [-0.2, -0.15) is 0 Å². The zero-order valence-corrected chi connectivity index (χ0v) is 26.1. The molecular weight excluding hydrogens is 504 g/mol. The third-order valence-corrected chi connectivity index (χ3v) is 27.9. The van der Waals surface area contributed by atoms with Crippen LogP contribution in [0.4, 0.5) is 0 Å². The molecular formula is C32H40SiZr. The van der Waals surface area contributed by atoms with E-state index in [-0.39, 0.29) is 5.43 Å². The minimum atomic E-state index is -2.02. The average molecular weight is 544 g/mol. The number of rotatable bonds is 3. The molecule has 5 rings (SSSR count). The fourth-order valence-corrected chi connectivity index (χ4v) is 27.7. The molecule has 176 valence electrons. The van der Waals surface area contributed by atoms with Crippen molar-refractivity contribution < 1.29 is 20.4 Å². The predicted octanol–water partition coefficient (Wildman–Crippen LogP) is 8.82. The zero-order valence-electron chi connectivity index (χ0n) is 22.6. The monoisotopic (exact) mass is 542 g/mol. The first-order valence-electron chi connectivity index (χ1n) is 13.0. The second-order valence-electron chi connectivity index (χ2n) is 12.1. The summed E-state index contributed by atoms with van der Waals surface area (Å²) >= 11 is -2.02. The number of hydrogen-bond acceptors (Lipinski definition) is 0.